The van der Waals surface area contributed by atoms with E-state index in [1.807, 2.05) is 19.1 Å². The number of benzene rings is 1. The van der Waals surface area contributed by atoms with Crippen molar-refractivity contribution in [2.45, 2.75) is 13.3 Å². The number of hydrogen-bond donors (Lipinski definition) is 3. The third-order valence-corrected chi connectivity index (χ3v) is 6.90. The van der Waals surface area contributed by atoms with Crippen molar-refractivity contribution in [3.05, 3.63) is 72.5 Å². The Morgan fingerprint density at radius 2 is 2.02 bits per heavy atom. The van der Waals surface area contributed by atoms with Gasteiger partial charge in [-0.1, -0.05) is 0 Å². The van der Waals surface area contributed by atoms with E-state index in [0.29, 0.717) is 31.0 Å². The smallest absolute Gasteiger partial charge is 0.244 e. The maximum Gasteiger partial charge on any atom is 0.244 e. The predicted octanol–water partition coefficient (Wildman–Crippen LogP) is 3.74. The van der Waals surface area contributed by atoms with Crippen molar-refractivity contribution in [3.8, 4) is 5.75 Å². The van der Waals surface area contributed by atoms with Crippen LogP contribution in [-0.4, -0.2) is 83.7 Å². The molecule has 41 heavy (non-hydrogen) atoms. The first-order valence-electron chi connectivity index (χ1n) is 13.7. The molecule has 0 spiro atoms. The van der Waals surface area contributed by atoms with Crippen molar-refractivity contribution in [2.75, 3.05) is 57.9 Å². The average molecular weight is 560 g/mol. The van der Waals surface area contributed by atoms with Crippen LogP contribution < -0.4 is 15.4 Å². The average Bonchev–Trinajstić information content (AvgIpc) is 3.32. The minimum atomic E-state index is -0.375. The standard InChI is InChI=1S/C30H34FN7O3/c1-21-20-38(27-17-22(31)3-4-24(21)27)28(32)5-6-29(39)35-10-9-34-25-7-8-33-26-18-23(19-36-30(25)26)41-14-2-11-37-12-15-40-16-13-37/h3-8,17-20,32H,2,9-16H2,1H3,(H,33,34)(H,35,39)/b6-5-,32-28?. The molecule has 3 aromatic heterocycles. The van der Waals surface area contributed by atoms with Crippen molar-refractivity contribution in [1.82, 2.24) is 24.8 Å². The summed E-state index contributed by atoms with van der Waals surface area (Å²) in [6, 6.07) is 8.19. The molecule has 11 heteroatoms. The number of aryl methyl sites for hydroxylation is 1. The SMILES string of the molecule is Cc1cn(C(=N)/C=C\C(=O)NCCNc2ccnc3cc(OCCCN4CCOCC4)cnc23)c2cc(F)ccc12. The lowest BCUT2D eigenvalue weighted by Crippen LogP contribution is -2.37. The monoisotopic (exact) mass is 559 g/mol. The lowest BCUT2D eigenvalue weighted by molar-refractivity contribution is -0.116. The largest absolute Gasteiger partial charge is 0.492 e. The fourth-order valence-electron chi connectivity index (χ4n) is 4.78. The Labute approximate surface area is 237 Å². The second kappa shape index (κ2) is 13.3. The van der Waals surface area contributed by atoms with Gasteiger partial charge in [-0.05, 0) is 49.2 Å². The number of allylic oxidation sites excluding steroid dienone is 1. The van der Waals surface area contributed by atoms with Gasteiger partial charge in [0.15, 0.2) is 0 Å². The van der Waals surface area contributed by atoms with Gasteiger partial charge in [-0.3, -0.25) is 20.1 Å². The number of carbonyl (C=O) groups is 1. The van der Waals surface area contributed by atoms with Gasteiger partial charge in [0.2, 0.25) is 5.91 Å². The van der Waals surface area contributed by atoms with Crippen LogP contribution in [0.4, 0.5) is 10.1 Å². The zero-order valence-electron chi connectivity index (χ0n) is 23.0. The molecule has 0 aliphatic carbocycles. The van der Waals surface area contributed by atoms with E-state index in [0.717, 1.165) is 66.9 Å². The first kappa shape index (κ1) is 28.2. The molecule has 0 radical (unpaired) electrons. The number of amides is 1. The van der Waals surface area contributed by atoms with E-state index in [1.165, 1.54) is 24.3 Å². The molecule has 0 saturated carbocycles. The molecule has 3 N–H and O–H groups in total. The Balaban J connectivity index is 1.08. The molecule has 0 atom stereocenters. The van der Waals surface area contributed by atoms with Crippen molar-refractivity contribution in [3.63, 3.8) is 0 Å². The number of nitrogens with zero attached hydrogens (tertiary/aromatic N) is 4. The van der Waals surface area contributed by atoms with Gasteiger partial charge in [-0.25, -0.2) is 9.37 Å². The number of rotatable bonds is 11. The van der Waals surface area contributed by atoms with Crippen LogP contribution in [0.1, 0.15) is 12.0 Å². The first-order valence-corrected chi connectivity index (χ1v) is 13.7. The molecule has 0 bridgehead atoms. The maximum absolute atomic E-state index is 13.7. The summed E-state index contributed by atoms with van der Waals surface area (Å²) in [5, 5.41) is 15.3. The highest BCUT2D eigenvalue weighted by Crippen LogP contribution is 2.23. The number of pyridine rings is 2. The molecule has 4 aromatic rings. The maximum atomic E-state index is 13.7. The van der Waals surface area contributed by atoms with Gasteiger partial charge >= 0.3 is 0 Å². The normalized spacial score (nSPS) is 14.1. The summed E-state index contributed by atoms with van der Waals surface area (Å²) in [6.07, 6.45) is 8.80. The molecule has 1 fully saturated rings. The molecule has 0 unspecified atom stereocenters. The molecule has 1 aliphatic rings. The summed E-state index contributed by atoms with van der Waals surface area (Å²) in [7, 11) is 0. The minimum Gasteiger partial charge on any atom is -0.492 e. The molecule has 4 heterocycles. The van der Waals surface area contributed by atoms with Crippen LogP contribution in [0.25, 0.3) is 21.9 Å². The highest BCUT2D eigenvalue weighted by Gasteiger charge is 2.11. The summed E-state index contributed by atoms with van der Waals surface area (Å²) >= 11 is 0. The Morgan fingerprint density at radius 3 is 2.88 bits per heavy atom. The van der Waals surface area contributed by atoms with Gasteiger partial charge in [-0.2, -0.15) is 0 Å². The van der Waals surface area contributed by atoms with E-state index in [-0.39, 0.29) is 17.6 Å². The van der Waals surface area contributed by atoms with Gasteiger partial charge in [0.25, 0.3) is 0 Å². The molecule has 5 rings (SSSR count). The number of aromatic nitrogens is 3. The van der Waals surface area contributed by atoms with Gasteiger partial charge in [-0.15, -0.1) is 0 Å². The van der Waals surface area contributed by atoms with E-state index < -0.39 is 0 Å². The van der Waals surface area contributed by atoms with Crippen LogP contribution in [0, 0.1) is 18.2 Å². The van der Waals surface area contributed by atoms with Crippen LogP contribution in [-0.2, 0) is 9.53 Å². The Hall–Kier alpha value is -4.35. The highest BCUT2D eigenvalue weighted by atomic mass is 19.1. The van der Waals surface area contributed by atoms with E-state index in [1.54, 1.807) is 29.2 Å². The summed E-state index contributed by atoms with van der Waals surface area (Å²) in [5.74, 6) is 0.0441. The van der Waals surface area contributed by atoms with E-state index in [9.17, 15) is 9.18 Å². The fourth-order valence-corrected chi connectivity index (χ4v) is 4.78. The Morgan fingerprint density at radius 1 is 1.17 bits per heavy atom. The van der Waals surface area contributed by atoms with E-state index in [4.69, 9.17) is 14.9 Å². The number of nitrogens with one attached hydrogen (secondary N) is 3. The van der Waals surface area contributed by atoms with Crippen molar-refractivity contribution in [2.24, 2.45) is 0 Å². The fraction of sp³-hybridized carbons (Fsp3) is 0.333. The minimum absolute atomic E-state index is 0.0664. The van der Waals surface area contributed by atoms with Crippen molar-refractivity contribution >= 4 is 39.4 Å². The zero-order chi connectivity index (χ0) is 28.6. The second-order valence-corrected chi connectivity index (χ2v) is 9.83. The molecular formula is C30H34FN7O3. The highest BCUT2D eigenvalue weighted by molar-refractivity contribution is 6.04. The van der Waals surface area contributed by atoms with Crippen LogP contribution in [0.5, 0.6) is 5.75 Å². The molecule has 10 nitrogen and oxygen atoms in total. The van der Waals surface area contributed by atoms with Gasteiger partial charge in [0.1, 0.15) is 22.9 Å². The topological polar surface area (TPSA) is 117 Å². The van der Waals surface area contributed by atoms with Crippen LogP contribution in [0.15, 0.2) is 61.1 Å². The number of anilines is 1. The summed E-state index contributed by atoms with van der Waals surface area (Å²) < 4.78 is 26.6. The van der Waals surface area contributed by atoms with Crippen LogP contribution >= 0.6 is 0 Å². The van der Waals surface area contributed by atoms with Gasteiger partial charge in [0, 0.05) is 62.6 Å². The zero-order valence-corrected chi connectivity index (χ0v) is 23.0. The summed E-state index contributed by atoms with van der Waals surface area (Å²) in [5.41, 5.74) is 3.76. The van der Waals surface area contributed by atoms with Crippen LogP contribution in [0.3, 0.4) is 0 Å². The number of carbonyl (C=O) groups excluding carboxylic acids is 1. The number of fused-ring (bicyclic) bond motifs is 2. The third-order valence-electron chi connectivity index (χ3n) is 6.90. The second-order valence-electron chi connectivity index (χ2n) is 9.83. The van der Waals surface area contributed by atoms with Gasteiger partial charge in [0.05, 0.1) is 42.7 Å². The summed E-state index contributed by atoms with van der Waals surface area (Å²) in [6.45, 7) is 7.85. The lowest BCUT2D eigenvalue weighted by atomic mass is 10.2. The van der Waals surface area contributed by atoms with E-state index in [2.05, 4.69) is 25.5 Å². The number of ether oxygens (including phenoxy) is 2. The quantitative estimate of drug-likeness (QED) is 0.111. The number of morpholine rings is 1. The Kier molecular flexibility index (Phi) is 9.17. The molecule has 1 aromatic carbocycles. The predicted molar refractivity (Wildman–Crippen MR) is 157 cm³/mol. The molecule has 214 valence electrons. The summed E-state index contributed by atoms with van der Waals surface area (Å²) in [4.78, 5) is 23.7. The lowest BCUT2D eigenvalue weighted by Gasteiger charge is -2.26. The van der Waals surface area contributed by atoms with Crippen molar-refractivity contribution < 1.29 is 18.7 Å². The van der Waals surface area contributed by atoms with Crippen LogP contribution in [0.2, 0.25) is 0 Å². The number of halogens is 1. The van der Waals surface area contributed by atoms with E-state index >= 15 is 0 Å². The third kappa shape index (κ3) is 7.24. The molecule has 1 amide bonds. The van der Waals surface area contributed by atoms with Gasteiger partial charge < -0.3 is 24.7 Å². The van der Waals surface area contributed by atoms with Crippen molar-refractivity contribution in [1.29, 1.82) is 5.41 Å². The number of hydrogen-bond acceptors (Lipinski definition) is 8. The first-order chi connectivity index (χ1) is 20.0. The Bertz CT molecular complexity index is 1560. The molecule has 1 aliphatic heterocycles. The molecular weight excluding hydrogens is 525 g/mol. The molecule has 1 saturated heterocycles.